The Bertz CT molecular complexity index is 593. The molecule has 1 aliphatic carbocycles. The second-order valence-electron chi connectivity index (χ2n) is 6.45. The first-order chi connectivity index (χ1) is 11.1. The molecule has 1 aliphatic heterocycles. The van der Waals surface area contributed by atoms with Crippen molar-refractivity contribution in [3.63, 3.8) is 0 Å². The highest BCUT2D eigenvalue weighted by molar-refractivity contribution is 6.02. The molecule has 1 N–H and O–H groups in total. The lowest BCUT2D eigenvalue weighted by Crippen LogP contribution is -2.43. The van der Waals surface area contributed by atoms with E-state index in [1.165, 1.54) is 4.90 Å². The number of nitrogens with one attached hydrogen (secondary N) is 1. The van der Waals surface area contributed by atoms with Crippen molar-refractivity contribution in [3.8, 4) is 0 Å². The molecular weight excluding hydrogens is 292 g/mol. The van der Waals surface area contributed by atoms with Crippen molar-refractivity contribution in [2.24, 2.45) is 0 Å². The van der Waals surface area contributed by atoms with Crippen LogP contribution in [0.3, 0.4) is 0 Å². The molecule has 3 rings (SSSR count). The molecule has 124 valence electrons. The van der Waals surface area contributed by atoms with Gasteiger partial charge in [0, 0.05) is 36.7 Å². The van der Waals surface area contributed by atoms with Gasteiger partial charge in [-0.25, -0.2) is 9.97 Å². The van der Waals surface area contributed by atoms with E-state index < -0.39 is 0 Å². The van der Waals surface area contributed by atoms with Crippen LogP contribution in [-0.2, 0) is 16.0 Å². The highest BCUT2D eigenvalue weighted by Crippen LogP contribution is 2.28. The van der Waals surface area contributed by atoms with E-state index >= 15 is 0 Å². The minimum Gasteiger partial charge on any atom is -0.367 e. The van der Waals surface area contributed by atoms with Gasteiger partial charge in [0.15, 0.2) is 0 Å². The van der Waals surface area contributed by atoms with E-state index in [0.717, 1.165) is 49.4 Å². The maximum Gasteiger partial charge on any atom is 0.229 e. The highest BCUT2D eigenvalue weighted by Gasteiger charge is 2.36. The molecule has 2 heterocycles. The van der Waals surface area contributed by atoms with Crippen molar-refractivity contribution in [1.82, 2.24) is 14.9 Å². The number of rotatable bonds is 4. The van der Waals surface area contributed by atoms with Gasteiger partial charge in [-0.15, -0.1) is 0 Å². The summed E-state index contributed by atoms with van der Waals surface area (Å²) in [6.07, 6.45) is 5.32. The normalized spacial score (nSPS) is 25.0. The Hall–Kier alpha value is -1.98. The standard InChI is InChI=1S/C17H24N4O2/c1-3-12-10-15(19-11(2)18-12)20-13-4-6-14(7-5-13)21-16(22)8-9-17(21)23/h10,13-14H,3-9H2,1-2H3,(H,18,19,20). The Morgan fingerprint density at radius 1 is 1.13 bits per heavy atom. The lowest BCUT2D eigenvalue weighted by atomic mass is 9.90. The fourth-order valence-corrected chi connectivity index (χ4v) is 3.57. The van der Waals surface area contributed by atoms with Crippen molar-refractivity contribution in [3.05, 3.63) is 17.6 Å². The molecule has 1 aromatic heterocycles. The largest absolute Gasteiger partial charge is 0.367 e. The van der Waals surface area contributed by atoms with E-state index in [0.29, 0.717) is 18.9 Å². The molecule has 2 fully saturated rings. The average Bonchev–Trinajstić information content (AvgIpc) is 2.86. The number of hydrogen-bond donors (Lipinski definition) is 1. The third-order valence-electron chi connectivity index (χ3n) is 4.76. The molecular formula is C17H24N4O2. The number of nitrogens with zero attached hydrogens (tertiary/aromatic N) is 3. The van der Waals surface area contributed by atoms with E-state index in [2.05, 4.69) is 22.2 Å². The molecule has 23 heavy (non-hydrogen) atoms. The Balaban J connectivity index is 1.58. The zero-order valence-electron chi connectivity index (χ0n) is 13.8. The summed E-state index contributed by atoms with van der Waals surface area (Å²) < 4.78 is 0. The second kappa shape index (κ2) is 6.64. The average molecular weight is 316 g/mol. The molecule has 0 bridgehead atoms. The number of aromatic nitrogens is 2. The van der Waals surface area contributed by atoms with Gasteiger partial charge >= 0.3 is 0 Å². The molecule has 6 nitrogen and oxygen atoms in total. The summed E-state index contributed by atoms with van der Waals surface area (Å²) in [6, 6.07) is 2.44. The second-order valence-corrected chi connectivity index (χ2v) is 6.45. The van der Waals surface area contributed by atoms with Gasteiger partial charge in [-0.2, -0.15) is 0 Å². The van der Waals surface area contributed by atoms with Gasteiger partial charge in [-0.3, -0.25) is 14.5 Å². The minimum absolute atomic E-state index is 0.00502. The molecule has 0 radical (unpaired) electrons. The van der Waals surface area contributed by atoms with Crippen LogP contribution in [0.4, 0.5) is 5.82 Å². The van der Waals surface area contributed by atoms with Crippen molar-refractivity contribution in [2.45, 2.75) is 70.9 Å². The molecule has 0 aromatic carbocycles. The Morgan fingerprint density at radius 3 is 2.39 bits per heavy atom. The van der Waals surface area contributed by atoms with E-state index in [4.69, 9.17) is 0 Å². The van der Waals surface area contributed by atoms with Crippen LogP contribution in [0.5, 0.6) is 0 Å². The van der Waals surface area contributed by atoms with E-state index in [1.807, 2.05) is 13.0 Å². The van der Waals surface area contributed by atoms with Crippen LogP contribution in [0.25, 0.3) is 0 Å². The van der Waals surface area contributed by atoms with Crippen LogP contribution in [-0.4, -0.2) is 38.8 Å². The summed E-state index contributed by atoms with van der Waals surface area (Å²) >= 11 is 0. The lowest BCUT2D eigenvalue weighted by Gasteiger charge is -2.34. The molecule has 1 saturated carbocycles. The molecule has 0 spiro atoms. The number of carbonyl (C=O) groups is 2. The van der Waals surface area contributed by atoms with Crippen molar-refractivity contribution in [1.29, 1.82) is 0 Å². The van der Waals surface area contributed by atoms with Gasteiger partial charge in [0.2, 0.25) is 11.8 Å². The van der Waals surface area contributed by atoms with Gasteiger partial charge in [0.05, 0.1) is 0 Å². The Labute approximate surface area is 136 Å². The van der Waals surface area contributed by atoms with Gasteiger partial charge in [-0.1, -0.05) is 6.92 Å². The fraction of sp³-hybridized carbons (Fsp3) is 0.647. The summed E-state index contributed by atoms with van der Waals surface area (Å²) in [5, 5.41) is 3.49. The summed E-state index contributed by atoms with van der Waals surface area (Å²) in [4.78, 5) is 34.0. The lowest BCUT2D eigenvalue weighted by molar-refractivity contribution is -0.141. The summed E-state index contributed by atoms with van der Waals surface area (Å²) in [5.74, 6) is 1.68. The molecule has 2 amide bonds. The van der Waals surface area contributed by atoms with E-state index in [9.17, 15) is 9.59 Å². The number of likely N-dealkylation sites (tertiary alicyclic amines) is 1. The Kier molecular flexibility index (Phi) is 4.59. The predicted molar refractivity (Wildman–Crippen MR) is 86.9 cm³/mol. The van der Waals surface area contributed by atoms with Crippen LogP contribution in [0, 0.1) is 6.92 Å². The molecule has 2 aliphatic rings. The van der Waals surface area contributed by atoms with Gasteiger partial charge < -0.3 is 5.32 Å². The molecule has 0 atom stereocenters. The number of carbonyl (C=O) groups excluding carboxylic acids is 2. The SMILES string of the molecule is CCc1cc(NC2CCC(N3C(=O)CCC3=O)CC2)nc(C)n1. The number of aryl methyl sites for hydroxylation is 2. The van der Waals surface area contributed by atoms with Gasteiger partial charge in [-0.05, 0) is 39.0 Å². The summed E-state index contributed by atoms with van der Waals surface area (Å²) in [6.45, 7) is 3.99. The molecule has 1 saturated heterocycles. The zero-order valence-corrected chi connectivity index (χ0v) is 13.8. The van der Waals surface area contributed by atoms with Crippen LogP contribution in [0.15, 0.2) is 6.07 Å². The number of anilines is 1. The monoisotopic (exact) mass is 316 g/mol. The number of amides is 2. The fourth-order valence-electron chi connectivity index (χ4n) is 3.57. The molecule has 0 unspecified atom stereocenters. The van der Waals surface area contributed by atoms with Crippen LogP contribution >= 0.6 is 0 Å². The first-order valence-corrected chi connectivity index (χ1v) is 8.52. The van der Waals surface area contributed by atoms with Crippen LogP contribution in [0.1, 0.15) is 57.0 Å². The molecule has 6 heteroatoms. The van der Waals surface area contributed by atoms with Crippen molar-refractivity contribution >= 4 is 17.6 Å². The molecule has 1 aromatic rings. The quantitative estimate of drug-likeness (QED) is 0.862. The first kappa shape index (κ1) is 15.9. The van der Waals surface area contributed by atoms with Crippen LogP contribution in [0.2, 0.25) is 0 Å². The van der Waals surface area contributed by atoms with Crippen molar-refractivity contribution < 1.29 is 9.59 Å². The maximum atomic E-state index is 11.8. The van der Waals surface area contributed by atoms with Crippen LogP contribution < -0.4 is 5.32 Å². The summed E-state index contributed by atoms with van der Waals surface area (Å²) in [7, 11) is 0. The predicted octanol–water partition coefficient (Wildman–Crippen LogP) is 2.22. The maximum absolute atomic E-state index is 11.8. The highest BCUT2D eigenvalue weighted by atomic mass is 16.2. The minimum atomic E-state index is 0.00502. The van der Waals surface area contributed by atoms with E-state index in [-0.39, 0.29) is 17.9 Å². The van der Waals surface area contributed by atoms with Crippen molar-refractivity contribution in [2.75, 3.05) is 5.32 Å². The Morgan fingerprint density at radius 2 is 1.78 bits per heavy atom. The van der Waals surface area contributed by atoms with Gasteiger partial charge in [0.25, 0.3) is 0 Å². The van der Waals surface area contributed by atoms with E-state index in [1.54, 1.807) is 0 Å². The zero-order chi connectivity index (χ0) is 16.4. The topological polar surface area (TPSA) is 75.2 Å². The third kappa shape index (κ3) is 3.51. The third-order valence-corrected chi connectivity index (χ3v) is 4.76. The van der Waals surface area contributed by atoms with Gasteiger partial charge in [0.1, 0.15) is 11.6 Å². The smallest absolute Gasteiger partial charge is 0.229 e. The first-order valence-electron chi connectivity index (χ1n) is 8.52. The number of hydrogen-bond acceptors (Lipinski definition) is 5. The summed E-state index contributed by atoms with van der Waals surface area (Å²) in [5.41, 5.74) is 1.04. The number of imide groups is 1.